The maximum absolute atomic E-state index is 13.1. The van der Waals surface area contributed by atoms with Crippen LogP contribution in [0.2, 0.25) is 5.02 Å². The van der Waals surface area contributed by atoms with Gasteiger partial charge < -0.3 is 9.88 Å². The van der Waals surface area contributed by atoms with Gasteiger partial charge in [0.2, 0.25) is 0 Å². The van der Waals surface area contributed by atoms with Crippen LogP contribution in [0.25, 0.3) is 16.6 Å². The van der Waals surface area contributed by atoms with Crippen molar-refractivity contribution < 1.29 is 4.79 Å². The van der Waals surface area contributed by atoms with E-state index < -0.39 is 0 Å². The second-order valence-electron chi connectivity index (χ2n) is 7.79. The molecule has 2 aromatic carbocycles. The lowest BCUT2D eigenvalue weighted by Crippen LogP contribution is -2.38. The molecule has 0 unspecified atom stereocenters. The monoisotopic (exact) mass is 419 g/mol. The van der Waals surface area contributed by atoms with E-state index in [1.54, 1.807) is 10.7 Å². The summed E-state index contributed by atoms with van der Waals surface area (Å²) in [6.07, 6.45) is 1.86. The van der Waals surface area contributed by atoms with Gasteiger partial charge in [-0.05, 0) is 55.5 Å². The Bertz CT molecular complexity index is 1190. The number of H-pyrrole nitrogens is 1. The molecule has 5 rings (SSSR count). The van der Waals surface area contributed by atoms with Gasteiger partial charge in [0.15, 0.2) is 5.69 Å². The number of fused-ring (bicyclic) bond motifs is 1. The van der Waals surface area contributed by atoms with Crippen molar-refractivity contribution in [2.75, 3.05) is 13.1 Å². The predicted molar refractivity (Wildman–Crippen MR) is 117 cm³/mol. The van der Waals surface area contributed by atoms with Gasteiger partial charge in [-0.3, -0.25) is 4.79 Å². The first-order chi connectivity index (χ1) is 14.6. The molecule has 0 radical (unpaired) electrons. The summed E-state index contributed by atoms with van der Waals surface area (Å²) < 4.78 is 1.66. The van der Waals surface area contributed by atoms with E-state index in [9.17, 15) is 4.79 Å². The highest BCUT2D eigenvalue weighted by Gasteiger charge is 2.28. The van der Waals surface area contributed by atoms with Gasteiger partial charge in [-0.15, -0.1) is 5.10 Å². The van der Waals surface area contributed by atoms with Gasteiger partial charge in [0.05, 0.1) is 11.4 Å². The number of benzene rings is 2. The molecule has 3 heterocycles. The van der Waals surface area contributed by atoms with Gasteiger partial charge in [0.1, 0.15) is 0 Å². The number of nitrogens with zero attached hydrogens (tertiary/aromatic N) is 4. The maximum atomic E-state index is 13.1. The maximum Gasteiger partial charge on any atom is 0.276 e. The van der Waals surface area contributed by atoms with Crippen molar-refractivity contribution in [3.63, 3.8) is 0 Å². The highest BCUT2D eigenvalue weighted by Crippen LogP contribution is 2.30. The molecule has 152 valence electrons. The van der Waals surface area contributed by atoms with Crippen molar-refractivity contribution in [2.24, 2.45) is 0 Å². The van der Waals surface area contributed by atoms with Gasteiger partial charge in [-0.2, -0.15) is 0 Å². The van der Waals surface area contributed by atoms with Crippen molar-refractivity contribution in [3.8, 4) is 5.69 Å². The highest BCUT2D eigenvalue weighted by atomic mass is 35.5. The van der Waals surface area contributed by atoms with Crippen LogP contribution < -0.4 is 0 Å². The first-order valence-corrected chi connectivity index (χ1v) is 10.5. The molecule has 1 fully saturated rings. The molecular formula is C23H22ClN5O. The molecule has 0 bridgehead atoms. The summed E-state index contributed by atoms with van der Waals surface area (Å²) in [5, 5.41) is 10.2. The molecule has 1 amide bonds. The van der Waals surface area contributed by atoms with Crippen molar-refractivity contribution >= 4 is 28.4 Å². The summed E-state index contributed by atoms with van der Waals surface area (Å²) in [7, 11) is 0. The molecule has 6 nitrogen and oxygen atoms in total. The molecule has 0 atom stereocenters. The average molecular weight is 420 g/mol. The third kappa shape index (κ3) is 3.37. The zero-order valence-corrected chi connectivity index (χ0v) is 17.4. The van der Waals surface area contributed by atoms with E-state index in [-0.39, 0.29) is 5.91 Å². The number of carbonyl (C=O) groups excluding carboxylic acids is 1. The van der Waals surface area contributed by atoms with Crippen LogP contribution in [0, 0.1) is 6.92 Å². The Hall–Kier alpha value is -3.12. The number of nitrogens with one attached hydrogen (secondary N) is 1. The molecular weight excluding hydrogens is 398 g/mol. The van der Waals surface area contributed by atoms with Gasteiger partial charge in [-0.1, -0.05) is 41.1 Å². The summed E-state index contributed by atoms with van der Waals surface area (Å²) in [5.74, 6) is 0.376. The largest absolute Gasteiger partial charge is 0.358 e. The Morgan fingerprint density at radius 3 is 2.67 bits per heavy atom. The van der Waals surface area contributed by atoms with E-state index in [1.807, 2.05) is 36.1 Å². The second-order valence-corrected chi connectivity index (χ2v) is 8.23. The van der Waals surface area contributed by atoms with Crippen LogP contribution in [-0.2, 0) is 0 Å². The van der Waals surface area contributed by atoms with Crippen molar-refractivity contribution in [1.29, 1.82) is 0 Å². The third-order valence-electron chi connectivity index (χ3n) is 5.92. The number of amides is 1. The minimum absolute atomic E-state index is 0.0594. The summed E-state index contributed by atoms with van der Waals surface area (Å²) in [5.41, 5.74) is 4.34. The molecule has 0 aliphatic carbocycles. The molecule has 4 aromatic rings. The Morgan fingerprint density at radius 2 is 1.90 bits per heavy atom. The molecule has 0 spiro atoms. The van der Waals surface area contributed by atoms with Crippen LogP contribution in [-0.4, -0.2) is 43.9 Å². The molecule has 1 aliphatic heterocycles. The fourth-order valence-electron chi connectivity index (χ4n) is 4.24. The molecule has 0 saturated carbocycles. The van der Waals surface area contributed by atoms with Crippen molar-refractivity contribution in [1.82, 2.24) is 24.9 Å². The zero-order valence-electron chi connectivity index (χ0n) is 16.7. The number of halogens is 1. The SMILES string of the molecule is Cc1c(C(=O)N2CCC(c3cc4ccccc4[nH]3)CC2)nnn1-c1cccc(Cl)c1. The molecule has 1 saturated heterocycles. The topological polar surface area (TPSA) is 66.8 Å². The number of aromatic amines is 1. The number of rotatable bonds is 3. The quantitative estimate of drug-likeness (QED) is 0.522. The van der Waals surface area contributed by atoms with Gasteiger partial charge in [0, 0.05) is 35.2 Å². The fraction of sp³-hybridized carbons (Fsp3) is 0.261. The Labute approximate surface area is 179 Å². The third-order valence-corrected chi connectivity index (χ3v) is 6.16. The number of hydrogen-bond acceptors (Lipinski definition) is 3. The van der Waals surface area contributed by atoms with Gasteiger partial charge >= 0.3 is 0 Å². The Balaban J connectivity index is 1.30. The molecule has 7 heteroatoms. The van der Waals surface area contributed by atoms with Crippen LogP contribution >= 0.6 is 11.6 Å². The van der Waals surface area contributed by atoms with E-state index in [1.165, 1.54) is 16.6 Å². The van der Waals surface area contributed by atoms with Crippen LogP contribution in [0.15, 0.2) is 54.6 Å². The minimum atomic E-state index is -0.0594. The minimum Gasteiger partial charge on any atom is -0.358 e. The van der Waals surface area contributed by atoms with E-state index >= 15 is 0 Å². The normalized spacial score (nSPS) is 15.1. The summed E-state index contributed by atoms with van der Waals surface area (Å²) >= 11 is 6.09. The summed E-state index contributed by atoms with van der Waals surface area (Å²) in [6, 6.07) is 17.9. The molecule has 30 heavy (non-hydrogen) atoms. The van der Waals surface area contributed by atoms with Crippen LogP contribution in [0.3, 0.4) is 0 Å². The van der Waals surface area contributed by atoms with E-state index in [4.69, 9.17) is 11.6 Å². The summed E-state index contributed by atoms with van der Waals surface area (Å²) in [6.45, 7) is 3.29. The van der Waals surface area contributed by atoms with Gasteiger partial charge in [-0.25, -0.2) is 4.68 Å². The molecule has 2 aromatic heterocycles. The number of likely N-dealkylation sites (tertiary alicyclic amines) is 1. The average Bonchev–Trinajstić information content (AvgIpc) is 3.37. The van der Waals surface area contributed by atoms with E-state index in [0.717, 1.165) is 24.2 Å². The number of aromatic nitrogens is 4. The van der Waals surface area contributed by atoms with Gasteiger partial charge in [0.25, 0.3) is 5.91 Å². The van der Waals surface area contributed by atoms with E-state index in [2.05, 4.69) is 39.6 Å². The van der Waals surface area contributed by atoms with Crippen LogP contribution in [0.5, 0.6) is 0 Å². The first kappa shape index (κ1) is 18.9. The Kier molecular flexibility index (Phi) is 4.79. The lowest BCUT2D eigenvalue weighted by atomic mass is 9.93. The van der Waals surface area contributed by atoms with Crippen molar-refractivity contribution in [2.45, 2.75) is 25.7 Å². The zero-order chi connectivity index (χ0) is 20.7. The van der Waals surface area contributed by atoms with Crippen molar-refractivity contribution in [3.05, 3.63) is 76.7 Å². The smallest absolute Gasteiger partial charge is 0.276 e. The highest BCUT2D eigenvalue weighted by molar-refractivity contribution is 6.30. The number of carbonyl (C=O) groups is 1. The van der Waals surface area contributed by atoms with Crippen LogP contribution in [0.1, 0.15) is 40.6 Å². The predicted octanol–water partition coefficient (Wildman–Crippen LogP) is 4.73. The Morgan fingerprint density at radius 1 is 1.10 bits per heavy atom. The number of hydrogen-bond donors (Lipinski definition) is 1. The number of para-hydroxylation sites is 1. The lowest BCUT2D eigenvalue weighted by molar-refractivity contribution is 0.0705. The summed E-state index contributed by atoms with van der Waals surface area (Å²) in [4.78, 5) is 18.5. The van der Waals surface area contributed by atoms with E-state index in [0.29, 0.717) is 29.7 Å². The lowest BCUT2D eigenvalue weighted by Gasteiger charge is -2.31. The molecule has 1 aliphatic rings. The second kappa shape index (κ2) is 7.61. The molecule has 1 N–H and O–H groups in total. The van der Waals surface area contributed by atoms with Crippen LogP contribution in [0.4, 0.5) is 0 Å². The fourth-order valence-corrected chi connectivity index (χ4v) is 4.42. The first-order valence-electron chi connectivity index (χ1n) is 10.2. The number of piperidine rings is 1. The standard InChI is InChI=1S/C23H22ClN5O/c1-15-22(26-27-29(15)19-7-4-6-18(24)14-19)23(30)28-11-9-16(10-12-28)21-13-17-5-2-3-8-20(17)25-21/h2-8,13-14,16,25H,9-12H2,1H3.